The standard InChI is InChI=1S/C16H21ClN2O3/c1-11(12-3-5-14(17)6-4-12)18(2)15(20)10-19-8-7-13(9-19)16(21)22/h3-6,11,13H,7-10H2,1-2H3,(H,21,22). The third-order valence-corrected chi connectivity index (χ3v) is 4.56. The number of hydrogen-bond donors (Lipinski definition) is 1. The lowest BCUT2D eigenvalue weighted by Crippen LogP contribution is -2.39. The van der Waals surface area contributed by atoms with Crippen molar-refractivity contribution in [2.24, 2.45) is 5.92 Å². The number of nitrogens with zero attached hydrogens (tertiary/aromatic N) is 2. The van der Waals surface area contributed by atoms with E-state index in [2.05, 4.69) is 0 Å². The molecule has 1 aliphatic heterocycles. The van der Waals surface area contributed by atoms with E-state index in [9.17, 15) is 9.59 Å². The molecule has 2 atom stereocenters. The Morgan fingerprint density at radius 1 is 1.41 bits per heavy atom. The van der Waals surface area contributed by atoms with Crippen molar-refractivity contribution < 1.29 is 14.7 Å². The van der Waals surface area contributed by atoms with E-state index >= 15 is 0 Å². The second-order valence-electron chi connectivity index (χ2n) is 5.79. The third kappa shape index (κ3) is 3.99. The summed E-state index contributed by atoms with van der Waals surface area (Å²) in [6, 6.07) is 7.38. The molecule has 2 rings (SSSR count). The molecular formula is C16H21ClN2O3. The van der Waals surface area contributed by atoms with Gasteiger partial charge in [-0.3, -0.25) is 14.5 Å². The molecule has 120 valence electrons. The van der Waals surface area contributed by atoms with Crippen molar-refractivity contribution in [2.45, 2.75) is 19.4 Å². The number of carbonyl (C=O) groups excluding carboxylic acids is 1. The van der Waals surface area contributed by atoms with Crippen LogP contribution in [-0.4, -0.2) is 53.5 Å². The monoisotopic (exact) mass is 324 g/mol. The molecule has 22 heavy (non-hydrogen) atoms. The summed E-state index contributed by atoms with van der Waals surface area (Å²) in [5.74, 6) is -1.14. The Labute approximate surface area is 135 Å². The van der Waals surface area contributed by atoms with Crippen LogP contribution in [0.3, 0.4) is 0 Å². The number of carboxylic acid groups (broad SMARTS) is 1. The molecule has 1 saturated heterocycles. The van der Waals surface area contributed by atoms with Crippen LogP contribution in [0.15, 0.2) is 24.3 Å². The Morgan fingerprint density at radius 3 is 2.59 bits per heavy atom. The van der Waals surface area contributed by atoms with Gasteiger partial charge in [0.2, 0.25) is 5.91 Å². The van der Waals surface area contributed by atoms with Gasteiger partial charge in [0.05, 0.1) is 18.5 Å². The van der Waals surface area contributed by atoms with Gasteiger partial charge in [-0.25, -0.2) is 0 Å². The first kappa shape index (κ1) is 16.8. The summed E-state index contributed by atoms with van der Waals surface area (Å²) >= 11 is 5.88. The first-order valence-electron chi connectivity index (χ1n) is 7.34. The summed E-state index contributed by atoms with van der Waals surface area (Å²) < 4.78 is 0. The molecule has 1 aromatic rings. The highest BCUT2D eigenvalue weighted by Gasteiger charge is 2.30. The number of benzene rings is 1. The van der Waals surface area contributed by atoms with Crippen molar-refractivity contribution in [3.63, 3.8) is 0 Å². The lowest BCUT2D eigenvalue weighted by molar-refractivity contribution is -0.141. The molecular weight excluding hydrogens is 304 g/mol. The van der Waals surface area contributed by atoms with Crippen LogP contribution < -0.4 is 0 Å². The highest BCUT2D eigenvalue weighted by molar-refractivity contribution is 6.30. The van der Waals surface area contributed by atoms with Gasteiger partial charge < -0.3 is 10.0 Å². The zero-order chi connectivity index (χ0) is 16.3. The molecule has 0 bridgehead atoms. The van der Waals surface area contributed by atoms with Gasteiger partial charge in [-0.1, -0.05) is 23.7 Å². The van der Waals surface area contributed by atoms with Crippen LogP contribution in [0.2, 0.25) is 5.02 Å². The van der Waals surface area contributed by atoms with Gasteiger partial charge in [0.1, 0.15) is 0 Å². The normalized spacial score (nSPS) is 19.9. The van der Waals surface area contributed by atoms with Crippen LogP contribution in [0.5, 0.6) is 0 Å². The summed E-state index contributed by atoms with van der Waals surface area (Å²) in [6.45, 7) is 3.33. The molecule has 0 saturated carbocycles. The topological polar surface area (TPSA) is 60.9 Å². The molecule has 1 aliphatic rings. The molecule has 6 heteroatoms. The predicted octanol–water partition coefficient (Wildman–Crippen LogP) is 2.27. The molecule has 1 N–H and O–H groups in total. The van der Waals surface area contributed by atoms with Gasteiger partial charge in [-0.05, 0) is 37.6 Å². The zero-order valence-electron chi connectivity index (χ0n) is 12.8. The van der Waals surface area contributed by atoms with Crippen molar-refractivity contribution in [1.82, 2.24) is 9.80 Å². The SMILES string of the molecule is CC(c1ccc(Cl)cc1)N(C)C(=O)CN1CCC(C(=O)O)C1. The number of rotatable bonds is 5. The van der Waals surface area contributed by atoms with Crippen LogP contribution in [0.1, 0.15) is 24.9 Å². The molecule has 5 nitrogen and oxygen atoms in total. The van der Waals surface area contributed by atoms with E-state index in [0.29, 0.717) is 24.5 Å². The number of aliphatic carboxylic acids is 1. The lowest BCUT2D eigenvalue weighted by atomic mass is 10.1. The Bertz CT molecular complexity index is 547. The second kappa shape index (κ2) is 7.11. The number of likely N-dealkylation sites (N-methyl/N-ethyl adjacent to an activating group) is 1. The first-order chi connectivity index (χ1) is 10.4. The maximum Gasteiger partial charge on any atom is 0.307 e. The number of carboxylic acids is 1. The molecule has 0 radical (unpaired) electrons. The average molecular weight is 325 g/mol. The van der Waals surface area contributed by atoms with Crippen molar-refractivity contribution in [3.05, 3.63) is 34.9 Å². The molecule has 2 unspecified atom stereocenters. The molecule has 1 fully saturated rings. The maximum atomic E-state index is 12.4. The van der Waals surface area contributed by atoms with Gasteiger partial charge in [-0.15, -0.1) is 0 Å². The van der Waals surface area contributed by atoms with Crippen LogP contribution >= 0.6 is 11.6 Å². The Morgan fingerprint density at radius 2 is 2.05 bits per heavy atom. The van der Waals surface area contributed by atoms with E-state index in [1.807, 2.05) is 36.1 Å². The fourth-order valence-electron chi connectivity index (χ4n) is 2.66. The minimum atomic E-state index is -0.780. The quantitative estimate of drug-likeness (QED) is 0.902. The number of likely N-dealkylation sites (tertiary alicyclic amines) is 1. The number of carbonyl (C=O) groups is 2. The minimum absolute atomic E-state index is 0.00603. The van der Waals surface area contributed by atoms with Gasteiger partial charge in [0.25, 0.3) is 0 Å². The lowest BCUT2D eigenvalue weighted by Gasteiger charge is -2.27. The Hall–Kier alpha value is -1.59. The first-order valence-corrected chi connectivity index (χ1v) is 7.72. The smallest absolute Gasteiger partial charge is 0.307 e. The van der Waals surface area contributed by atoms with Crippen molar-refractivity contribution in [2.75, 3.05) is 26.7 Å². The van der Waals surface area contributed by atoms with E-state index < -0.39 is 5.97 Å². The summed E-state index contributed by atoms with van der Waals surface area (Å²) in [6.07, 6.45) is 0.610. The second-order valence-corrected chi connectivity index (χ2v) is 6.23. The van der Waals surface area contributed by atoms with Gasteiger partial charge in [0, 0.05) is 18.6 Å². The summed E-state index contributed by atoms with van der Waals surface area (Å²) in [5.41, 5.74) is 1.02. The van der Waals surface area contributed by atoms with Crippen LogP contribution in [-0.2, 0) is 9.59 Å². The van der Waals surface area contributed by atoms with Crippen LogP contribution in [0, 0.1) is 5.92 Å². The van der Waals surface area contributed by atoms with Crippen LogP contribution in [0.25, 0.3) is 0 Å². The minimum Gasteiger partial charge on any atom is -0.481 e. The Kier molecular flexibility index (Phi) is 5.42. The fraction of sp³-hybridized carbons (Fsp3) is 0.500. The number of amides is 1. The predicted molar refractivity (Wildman–Crippen MR) is 84.8 cm³/mol. The molecule has 0 aliphatic carbocycles. The molecule has 0 spiro atoms. The zero-order valence-corrected chi connectivity index (χ0v) is 13.6. The van der Waals surface area contributed by atoms with E-state index in [1.54, 1.807) is 11.9 Å². The fourth-order valence-corrected chi connectivity index (χ4v) is 2.79. The summed E-state index contributed by atoms with van der Waals surface area (Å²) in [7, 11) is 1.77. The van der Waals surface area contributed by atoms with E-state index in [-0.39, 0.29) is 24.4 Å². The van der Waals surface area contributed by atoms with E-state index in [1.165, 1.54) is 0 Å². The summed E-state index contributed by atoms with van der Waals surface area (Å²) in [5, 5.41) is 9.67. The maximum absolute atomic E-state index is 12.4. The third-order valence-electron chi connectivity index (χ3n) is 4.31. The number of halogens is 1. The van der Waals surface area contributed by atoms with E-state index in [0.717, 1.165) is 5.56 Å². The summed E-state index contributed by atoms with van der Waals surface area (Å²) in [4.78, 5) is 26.9. The van der Waals surface area contributed by atoms with Gasteiger partial charge in [-0.2, -0.15) is 0 Å². The van der Waals surface area contributed by atoms with Gasteiger partial charge in [0.15, 0.2) is 0 Å². The molecule has 0 aromatic heterocycles. The van der Waals surface area contributed by atoms with Crippen molar-refractivity contribution in [3.8, 4) is 0 Å². The molecule has 1 aromatic carbocycles. The van der Waals surface area contributed by atoms with Gasteiger partial charge >= 0.3 is 5.97 Å². The highest BCUT2D eigenvalue weighted by Crippen LogP contribution is 2.22. The molecule has 1 heterocycles. The largest absolute Gasteiger partial charge is 0.481 e. The van der Waals surface area contributed by atoms with Crippen molar-refractivity contribution >= 4 is 23.5 Å². The molecule has 1 amide bonds. The highest BCUT2D eigenvalue weighted by atomic mass is 35.5. The number of hydrogen-bond acceptors (Lipinski definition) is 3. The van der Waals surface area contributed by atoms with E-state index in [4.69, 9.17) is 16.7 Å². The average Bonchev–Trinajstić information content (AvgIpc) is 2.95. The van der Waals surface area contributed by atoms with Crippen molar-refractivity contribution in [1.29, 1.82) is 0 Å². The Balaban J connectivity index is 1.92. The van der Waals surface area contributed by atoms with Crippen LogP contribution in [0.4, 0.5) is 0 Å².